The predicted molar refractivity (Wildman–Crippen MR) is 87.0 cm³/mol. The van der Waals surface area contributed by atoms with Crippen LogP contribution in [0.3, 0.4) is 0 Å². The number of carbonyl (C=O) groups excluding carboxylic acids is 1. The molecule has 1 amide bonds. The van der Waals surface area contributed by atoms with Crippen molar-refractivity contribution in [2.45, 2.75) is 26.9 Å². The molecule has 4 heteroatoms. The van der Waals surface area contributed by atoms with Crippen LogP contribution in [0.5, 0.6) is 5.75 Å². The van der Waals surface area contributed by atoms with Gasteiger partial charge in [-0.3, -0.25) is 4.79 Å². The van der Waals surface area contributed by atoms with Crippen LogP contribution in [0.15, 0.2) is 42.5 Å². The molecule has 0 aliphatic rings. The lowest BCUT2D eigenvalue weighted by molar-refractivity contribution is -0.115. The molecule has 116 valence electrons. The molecular weight excluding hydrogens is 278 g/mol. The second-order valence-corrected chi connectivity index (χ2v) is 5.13. The van der Waals surface area contributed by atoms with Gasteiger partial charge in [-0.25, -0.2) is 0 Å². The fraction of sp³-hybridized carbons (Fsp3) is 0.278. The first-order valence-corrected chi connectivity index (χ1v) is 7.34. The molecule has 0 aliphatic carbocycles. The molecule has 22 heavy (non-hydrogen) atoms. The van der Waals surface area contributed by atoms with Crippen LogP contribution in [0.2, 0.25) is 0 Å². The number of aryl methyl sites for hydroxylation is 1. The Bertz CT molecular complexity index is 653. The van der Waals surface area contributed by atoms with Crippen molar-refractivity contribution >= 4 is 11.6 Å². The van der Waals surface area contributed by atoms with E-state index in [2.05, 4.69) is 5.32 Å². The maximum absolute atomic E-state index is 12.1. The predicted octanol–water partition coefficient (Wildman–Crippen LogP) is 3.07. The van der Waals surface area contributed by atoms with Crippen molar-refractivity contribution in [1.29, 1.82) is 0 Å². The van der Waals surface area contributed by atoms with Gasteiger partial charge < -0.3 is 15.2 Å². The zero-order valence-corrected chi connectivity index (χ0v) is 12.9. The summed E-state index contributed by atoms with van der Waals surface area (Å²) in [6.45, 7) is 4.29. The van der Waals surface area contributed by atoms with Crippen molar-refractivity contribution in [3.05, 3.63) is 59.2 Å². The van der Waals surface area contributed by atoms with Crippen LogP contribution in [-0.4, -0.2) is 17.6 Å². The molecule has 0 aromatic heterocycles. The molecule has 0 aliphatic heterocycles. The summed E-state index contributed by atoms with van der Waals surface area (Å²) in [7, 11) is 0. The Hall–Kier alpha value is -2.33. The molecule has 0 heterocycles. The first kappa shape index (κ1) is 16.0. The third kappa shape index (κ3) is 4.33. The topological polar surface area (TPSA) is 58.6 Å². The molecule has 2 aromatic carbocycles. The van der Waals surface area contributed by atoms with Crippen molar-refractivity contribution in [3.63, 3.8) is 0 Å². The Balaban J connectivity index is 2.05. The smallest absolute Gasteiger partial charge is 0.228 e. The number of carbonyl (C=O) groups is 1. The summed E-state index contributed by atoms with van der Waals surface area (Å²) in [5.74, 6) is 0.556. The zero-order valence-electron chi connectivity index (χ0n) is 12.9. The molecule has 0 fully saturated rings. The number of aliphatic hydroxyl groups excluding tert-OH is 1. The second kappa shape index (κ2) is 7.61. The fourth-order valence-corrected chi connectivity index (χ4v) is 2.29. The monoisotopic (exact) mass is 299 g/mol. The Kier molecular flexibility index (Phi) is 5.55. The third-order valence-corrected chi connectivity index (χ3v) is 3.26. The molecular formula is C18H21NO3. The van der Waals surface area contributed by atoms with Gasteiger partial charge in [-0.05, 0) is 37.6 Å². The maximum Gasteiger partial charge on any atom is 0.228 e. The summed E-state index contributed by atoms with van der Waals surface area (Å²) in [4.78, 5) is 12.1. The molecule has 0 radical (unpaired) electrons. The van der Waals surface area contributed by atoms with E-state index in [0.717, 1.165) is 11.1 Å². The van der Waals surface area contributed by atoms with E-state index < -0.39 is 0 Å². The van der Waals surface area contributed by atoms with E-state index in [1.807, 2.05) is 38.1 Å². The summed E-state index contributed by atoms with van der Waals surface area (Å²) >= 11 is 0. The van der Waals surface area contributed by atoms with Gasteiger partial charge in [0, 0.05) is 11.3 Å². The highest BCUT2D eigenvalue weighted by Gasteiger charge is 2.08. The number of nitrogens with one attached hydrogen (secondary N) is 1. The summed E-state index contributed by atoms with van der Waals surface area (Å²) in [5.41, 5.74) is 3.43. The normalized spacial score (nSPS) is 10.3. The van der Waals surface area contributed by atoms with Crippen LogP contribution in [0.4, 0.5) is 5.69 Å². The lowest BCUT2D eigenvalue weighted by Gasteiger charge is -2.11. The van der Waals surface area contributed by atoms with Gasteiger partial charge in [-0.1, -0.05) is 29.8 Å². The van der Waals surface area contributed by atoms with Crippen LogP contribution in [-0.2, 0) is 17.8 Å². The van der Waals surface area contributed by atoms with Crippen LogP contribution in [0.25, 0.3) is 0 Å². The minimum Gasteiger partial charge on any atom is -0.494 e. The Morgan fingerprint density at radius 2 is 2.05 bits per heavy atom. The van der Waals surface area contributed by atoms with Gasteiger partial charge >= 0.3 is 0 Å². The number of benzene rings is 2. The zero-order chi connectivity index (χ0) is 15.9. The van der Waals surface area contributed by atoms with Crippen molar-refractivity contribution < 1.29 is 14.6 Å². The van der Waals surface area contributed by atoms with Gasteiger partial charge in [0.2, 0.25) is 5.91 Å². The van der Waals surface area contributed by atoms with E-state index in [-0.39, 0.29) is 12.5 Å². The van der Waals surface area contributed by atoms with E-state index in [1.165, 1.54) is 0 Å². The fourth-order valence-electron chi connectivity index (χ4n) is 2.29. The van der Waals surface area contributed by atoms with Gasteiger partial charge in [0.05, 0.1) is 19.6 Å². The minimum atomic E-state index is -0.128. The summed E-state index contributed by atoms with van der Waals surface area (Å²) in [6, 6.07) is 13.1. The molecule has 0 atom stereocenters. The standard InChI is InChI=1S/C18H21NO3/c1-3-22-17-8-7-16(11-15(17)12-20)19-18(21)10-14-6-4-5-13(2)9-14/h4-9,11,20H,3,10,12H2,1-2H3,(H,19,21). The lowest BCUT2D eigenvalue weighted by atomic mass is 10.1. The average Bonchev–Trinajstić information content (AvgIpc) is 2.49. The third-order valence-electron chi connectivity index (χ3n) is 3.26. The highest BCUT2D eigenvalue weighted by Crippen LogP contribution is 2.23. The Morgan fingerprint density at radius 1 is 1.23 bits per heavy atom. The van der Waals surface area contributed by atoms with E-state index in [1.54, 1.807) is 18.2 Å². The number of hydrogen-bond acceptors (Lipinski definition) is 3. The minimum absolute atomic E-state index is 0.0846. The van der Waals surface area contributed by atoms with Crippen LogP contribution in [0.1, 0.15) is 23.6 Å². The Labute approximate surface area is 130 Å². The first-order chi connectivity index (χ1) is 10.6. The highest BCUT2D eigenvalue weighted by molar-refractivity contribution is 5.92. The molecule has 0 saturated carbocycles. The lowest BCUT2D eigenvalue weighted by Crippen LogP contribution is -2.14. The molecule has 0 saturated heterocycles. The van der Waals surface area contributed by atoms with Crippen LogP contribution < -0.4 is 10.1 Å². The molecule has 0 bridgehead atoms. The number of rotatable bonds is 6. The summed E-state index contributed by atoms with van der Waals surface area (Å²) in [5, 5.41) is 12.2. The van der Waals surface area contributed by atoms with Crippen LogP contribution in [0, 0.1) is 6.92 Å². The SMILES string of the molecule is CCOc1ccc(NC(=O)Cc2cccc(C)c2)cc1CO. The molecule has 2 rings (SSSR count). The van der Waals surface area contributed by atoms with Crippen molar-refractivity contribution in [2.75, 3.05) is 11.9 Å². The summed E-state index contributed by atoms with van der Waals surface area (Å²) in [6.07, 6.45) is 0.323. The van der Waals surface area contributed by atoms with Crippen LogP contribution >= 0.6 is 0 Å². The quantitative estimate of drug-likeness (QED) is 0.862. The van der Waals surface area contributed by atoms with Gasteiger partial charge in [-0.15, -0.1) is 0 Å². The van der Waals surface area contributed by atoms with Gasteiger partial charge in [0.25, 0.3) is 0 Å². The average molecular weight is 299 g/mol. The number of hydrogen-bond donors (Lipinski definition) is 2. The largest absolute Gasteiger partial charge is 0.494 e. The number of anilines is 1. The highest BCUT2D eigenvalue weighted by atomic mass is 16.5. The second-order valence-electron chi connectivity index (χ2n) is 5.13. The van der Waals surface area contributed by atoms with Crippen molar-refractivity contribution in [3.8, 4) is 5.75 Å². The van der Waals surface area contributed by atoms with E-state index >= 15 is 0 Å². The van der Waals surface area contributed by atoms with Crippen molar-refractivity contribution in [2.24, 2.45) is 0 Å². The summed E-state index contributed by atoms with van der Waals surface area (Å²) < 4.78 is 5.42. The first-order valence-electron chi connectivity index (χ1n) is 7.34. The molecule has 0 unspecified atom stereocenters. The number of ether oxygens (including phenoxy) is 1. The van der Waals surface area contributed by atoms with Gasteiger partial charge in [0.1, 0.15) is 5.75 Å². The number of amides is 1. The van der Waals surface area contributed by atoms with Gasteiger partial charge in [0.15, 0.2) is 0 Å². The van der Waals surface area contributed by atoms with Crippen molar-refractivity contribution in [1.82, 2.24) is 0 Å². The number of aliphatic hydroxyl groups is 1. The van der Waals surface area contributed by atoms with E-state index in [4.69, 9.17) is 4.74 Å². The van der Waals surface area contributed by atoms with E-state index in [9.17, 15) is 9.90 Å². The molecule has 4 nitrogen and oxygen atoms in total. The van der Waals surface area contributed by atoms with E-state index in [0.29, 0.717) is 30.0 Å². The van der Waals surface area contributed by atoms with Gasteiger partial charge in [-0.2, -0.15) is 0 Å². The molecule has 0 spiro atoms. The Morgan fingerprint density at radius 3 is 2.73 bits per heavy atom. The maximum atomic E-state index is 12.1. The molecule has 2 aromatic rings. The molecule has 2 N–H and O–H groups in total.